The van der Waals surface area contributed by atoms with Crippen LogP contribution in [0.1, 0.15) is 12.8 Å². The lowest BCUT2D eigenvalue weighted by atomic mass is 9.75. The summed E-state index contributed by atoms with van der Waals surface area (Å²) < 4.78 is 150. The third-order valence-electron chi connectivity index (χ3n) is 2.92. The maximum atomic E-state index is 12.5. The van der Waals surface area contributed by atoms with E-state index in [0.717, 1.165) is 0 Å². The van der Waals surface area contributed by atoms with Crippen molar-refractivity contribution in [2.75, 3.05) is 0 Å². The average Bonchev–Trinajstić information content (AvgIpc) is 2.16. The lowest BCUT2D eigenvalue weighted by Crippen LogP contribution is -2.61. The van der Waals surface area contributed by atoms with E-state index in [2.05, 4.69) is 6.58 Å². The second-order valence-electron chi connectivity index (χ2n) is 4.37. The molecule has 12 heteroatoms. The smallest absolute Gasteiger partial charge is 0.171 e. The van der Waals surface area contributed by atoms with E-state index in [4.69, 9.17) is 0 Å². The van der Waals surface area contributed by atoms with E-state index >= 15 is 0 Å². The molecular formula is C10H8F12. The summed E-state index contributed by atoms with van der Waals surface area (Å²) in [6, 6.07) is 0. The zero-order chi connectivity index (χ0) is 18.2. The molecule has 0 fully saturated rings. The molecule has 0 saturated heterocycles. The fraction of sp³-hybridized carbons (Fsp3) is 0.800. The Bertz CT molecular complexity index is 343. The van der Waals surface area contributed by atoms with E-state index in [-0.39, 0.29) is 0 Å². The van der Waals surface area contributed by atoms with Crippen molar-refractivity contribution in [1.29, 1.82) is 0 Å². The Hall–Kier alpha value is -1.10. The summed E-state index contributed by atoms with van der Waals surface area (Å²) in [5.74, 6) is -3.50. The minimum atomic E-state index is -7.01. The zero-order valence-corrected chi connectivity index (χ0v) is 10.3. The third-order valence-corrected chi connectivity index (χ3v) is 2.92. The molecule has 0 spiro atoms. The SMILES string of the molecule is C=CCC(CC(C(F)(F)F)(C(F)(F)F)C(F)(F)F)C(F)(F)F. The van der Waals surface area contributed by atoms with Gasteiger partial charge in [0.15, 0.2) is 0 Å². The molecule has 0 aromatic rings. The zero-order valence-electron chi connectivity index (χ0n) is 10.3. The minimum absolute atomic E-state index is 0.298. The summed E-state index contributed by atoms with van der Waals surface area (Å²) in [4.78, 5) is 0. The molecule has 0 bridgehead atoms. The summed E-state index contributed by atoms with van der Waals surface area (Å²) >= 11 is 0. The van der Waals surface area contributed by atoms with Crippen LogP contribution in [0.5, 0.6) is 0 Å². The maximum absolute atomic E-state index is 12.5. The number of hydrogen-bond acceptors (Lipinski definition) is 0. The second kappa shape index (κ2) is 5.84. The van der Waals surface area contributed by atoms with Gasteiger partial charge in [-0.3, -0.25) is 0 Å². The first-order valence-corrected chi connectivity index (χ1v) is 5.29. The Morgan fingerprint density at radius 1 is 0.682 bits per heavy atom. The molecule has 0 aromatic heterocycles. The Labute approximate surface area is 115 Å². The second-order valence-corrected chi connectivity index (χ2v) is 4.37. The Morgan fingerprint density at radius 2 is 1.00 bits per heavy atom. The van der Waals surface area contributed by atoms with Crippen molar-refractivity contribution < 1.29 is 52.7 Å². The Kier molecular flexibility index (Phi) is 5.54. The number of hydrogen-bond donors (Lipinski definition) is 0. The molecule has 0 amide bonds. The van der Waals surface area contributed by atoms with Crippen LogP contribution in [0.25, 0.3) is 0 Å². The van der Waals surface area contributed by atoms with Crippen LogP contribution in [0.4, 0.5) is 52.7 Å². The topological polar surface area (TPSA) is 0 Å². The van der Waals surface area contributed by atoms with Gasteiger partial charge in [-0.2, -0.15) is 52.7 Å². The van der Waals surface area contributed by atoms with Gasteiger partial charge in [0, 0.05) is 0 Å². The van der Waals surface area contributed by atoms with Crippen molar-refractivity contribution in [3.05, 3.63) is 12.7 Å². The van der Waals surface area contributed by atoms with Crippen LogP contribution in [0, 0.1) is 11.3 Å². The van der Waals surface area contributed by atoms with Crippen molar-refractivity contribution in [1.82, 2.24) is 0 Å². The van der Waals surface area contributed by atoms with Crippen molar-refractivity contribution in [2.24, 2.45) is 11.3 Å². The molecule has 132 valence electrons. The van der Waals surface area contributed by atoms with Crippen LogP contribution in [0.15, 0.2) is 12.7 Å². The van der Waals surface area contributed by atoms with Gasteiger partial charge < -0.3 is 0 Å². The van der Waals surface area contributed by atoms with Crippen molar-refractivity contribution in [3.63, 3.8) is 0 Å². The summed E-state index contributed by atoms with van der Waals surface area (Å²) in [5, 5.41) is 0. The standard InChI is InChI=1S/C10H8F12/c1-2-3-5(7(11,12)13)4-6(8(14,15)16,9(17,18)19)10(20,21)22/h2,5H,1,3-4H2. The third kappa shape index (κ3) is 3.80. The molecule has 0 aliphatic carbocycles. The number of rotatable bonds is 4. The molecule has 0 radical (unpaired) electrons. The van der Waals surface area contributed by atoms with E-state index in [1.54, 1.807) is 0 Å². The molecule has 0 nitrogen and oxygen atoms in total. The highest BCUT2D eigenvalue weighted by Gasteiger charge is 2.84. The highest BCUT2D eigenvalue weighted by atomic mass is 19.4. The molecular weight excluding hydrogens is 348 g/mol. The van der Waals surface area contributed by atoms with Gasteiger partial charge in [0.2, 0.25) is 0 Å². The number of alkyl halides is 12. The van der Waals surface area contributed by atoms with E-state index in [0.29, 0.717) is 6.08 Å². The first-order chi connectivity index (χ1) is 9.42. The van der Waals surface area contributed by atoms with Crippen LogP contribution in [-0.2, 0) is 0 Å². The van der Waals surface area contributed by atoms with Gasteiger partial charge in [0.05, 0.1) is 5.92 Å². The average molecular weight is 356 g/mol. The molecule has 0 N–H and O–H groups in total. The predicted octanol–water partition coefficient (Wildman–Crippen LogP) is 5.80. The molecule has 1 unspecified atom stereocenters. The first-order valence-electron chi connectivity index (χ1n) is 5.29. The van der Waals surface area contributed by atoms with Gasteiger partial charge in [-0.05, 0) is 12.8 Å². The molecule has 0 aliphatic heterocycles. The van der Waals surface area contributed by atoms with Crippen molar-refractivity contribution >= 4 is 0 Å². The van der Waals surface area contributed by atoms with Crippen molar-refractivity contribution in [3.8, 4) is 0 Å². The van der Waals surface area contributed by atoms with Gasteiger partial charge >= 0.3 is 24.7 Å². The van der Waals surface area contributed by atoms with Gasteiger partial charge in [-0.1, -0.05) is 6.08 Å². The minimum Gasteiger partial charge on any atom is -0.171 e. The summed E-state index contributed by atoms with van der Waals surface area (Å²) in [5.41, 5.74) is -6.48. The van der Waals surface area contributed by atoms with Gasteiger partial charge in [0.25, 0.3) is 5.41 Å². The lowest BCUT2D eigenvalue weighted by molar-refractivity contribution is -0.434. The summed E-state index contributed by atoms with van der Waals surface area (Å²) in [6.07, 6.45) is -31.2. The van der Waals surface area contributed by atoms with Crippen LogP contribution in [0.2, 0.25) is 0 Å². The largest absolute Gasteiger partial charge is 0.412 e. The Balaban J connectivity index is 6.26. The van der Waals surface area contributed by atoms with Crippen LogP contribution in [0.3, 0.4) is 0 Å². The number of allylic oxidation sites excluding steroid dienone is 1. The van der Waals surface area contributed by atoms with Gasteiger partial charge in [-0.15, -0.1) is 6.58 Å². The highest BCUT2D eigenvalue weighted by molar-refractivity contribution is 5.01. The molecule has 0 aromatic carbocycles. The molecule has 22 heavy (non-hydrogen) atoms. The van der Waals surface area contributed by atoms with E-state index in [1.165, 1.54) is 0 Å². The van der Waals surface area contributed by atoms with E-state index in [9.17, 15) is 52.7 Å². The molecule has 0 saturated carbocycles. The number of halogens is 12. The fourth-order valence-electron chi connectivity index (χ4n) is 1.73. The molecule has 0 rings (SSSR count). The van der Waals surface area contributed by atoms with Crippen LogP contribution in [-0.4, -0.2) is 24.7 Å². The fourth-order valence-corrected chi connectivity index (χ4v) is 1.73. The Morgan fingerprint density at radius 3 is 1.18 bits per heavy atom. The van der Waals surface area contributed by atoms with E-state index in [1.807, 2.05) is 0 Å². The molecule has 1 atom stereocenters. The quantitative estimate of drug-likeness (QED) is 0.441. The van der Waals surface area contributed by atoms with Crippen LogP contribution < -0.4 is 0 Å². The summed E-state index contributed by atoms with van der Waals surface area (Å²) in [7, 11) is 0. The monoisotopic (exact) mass is 356 g/mol. The van der Waals surface area contributed by atoms with Gasteiger partial charge in [-0.25, -0.2) is 0 Å². The first kappa shape index (κ1) is 20.9. The molecule has 0 heterocycles. The summed E-state index contributed by atoms with van der Waals surface area (Å²) in [6.45, 7) is 2.69. The van der Waals surface area contributed by atoms with Crippen LogP contribution >= 0.6 is 0 Å². The van der Waals surface area contributed by atoms with Crippen molar-refractivity contribution in [2.45, 2.75) is 37.5 Å². The highest BCUT2D eigenvalue weighted by Crippen LogP contribution is 2.63. The van der Waals surface area contributed by atoms with E-state index < -0.39 is 48.9 Å². The van der Waals surface area contributed by atoms with Gasteiger partial charge in [0.1, 0.15) is 0 Å². The molecule has 0 aliphatic rings. The maximum Gasteiger partial charge on any atom is 0.412 e. The predicted molar refractivity (Wildman–Crippen MR) is 49.6 cm³/mol. The normalized spacial score (nSPS) is 16.5. The lowest BCUT2D eigenvalue weighted by Gasteiger charge is -2.40.